The van der Waals surface area contributed by atoms with Crippen LogP contribution < -0.4 is 10.1 Å². The number of nitrogens with one attached hydrogen (secondary N) is 1. The van der Waals surface area contributed by atoms with Gasteiger partial charge in [-0.3, -0.25) is 0 Å². The van der Waals surface area contributed by atoms with Crippen LogP contribution in [0.3, 0.4) is 0 Å². The first-order chi connectivity index (χ1) is 8.15. The minimum Gasteiger partial charge on any atom is -0.495 e. The summed E-state index contributed by atoms with van der Waals surface area (Å²) in [6, 6.07) is 2.25. The van der Waals surface area contributed by atoms with Crippen LogP contribution >= 0.6 is 11.6 Å². The molecule has 1 aromatic carbocycles. The molecule has 3 heteroatoms. The molecule has 1 aromatic rings. The summed E-state index contributed by atoms with van der Waals surface area (Å²) in [5.74, 6) is 1.45. The van der Waals surface area contributed by atoms with E-state index < -0.39 is 0 Å². The van der Waals surface area contributed by atoms with Gasteiger partial charge >= 0.3 is 0 Å². The van der Waals surface area contributed by atoms with Gasteiger partial charge in [0.25, 0.3) is 0 Å². The number of hydrogen-bond acceptors (Lipinski definition) is 2. The summed E-state index contributed by atoms with van der Waals surface area (Å²) >= 11 is 6.38. The highest BCUT2D eigenvalue weighted by atomic mass is 35.5. The van der Waals surface area contributed by atoms with Gasteiger partial charge in [0.2, 0.25) is 0 Å². The molecule has 0 atom stereocenters. The summed E-state index contributed by atoms with van der Waals surface area (Å²) < 4.78 is 5.51. The molecule has 0 spiro atoms. The lowest BCUT2D eigenvalue weighted by Gasteiger charge is -2.26. The monoisotopic (exact) mass is 253 g/mol. The van der Waals surface area contributed by atoms with Crippen molar-refractivity contribution in [1.29, 1.82) is 0 Å². The summed E-state index contributed by atoms with van der Waals surface area (Å²) in [7, 11) is 1.71. The van der Waals surface area contributed by atoms with Crippen LogP contribution in [0, 0.1) is 13.8 Å². The molecule has 0 bridgehead atoms. The van der Waals surface area contributed by atoms with Gasteiger partial charge in [-0.25, -0.2) is 0 Å². The Labute approximate surface area is 108 Å². The van der Waals surface area contributed by atoms with E-state index in [1.165, 1.54) is 11.1 Å². The average Bonchev–Trinajstić information content (AvgIpc) is 2.36. The van der Waals surface area contributed by atoms with Gasteiger partial charge in [-0.15, -0.1) is 0 Å². The highest BCUT2D eigenvalue weighted by molar-refractivity contribution is 6.33. The van der Waals surface area contributed by atoms with E-state index in [-0.39, 0.29) is 0 Å². The van der Waals surface area contributed by atoms with E-state index in [0.29, 0.717) is 5.92 Å². The highest BCUT2D eigenvalue weighted by Gasteiger charge is 2.22. The molecule has 1 saturated heterocycles. The molecule has 1 N–H and O–H groups in total. The highest BCUT2D eigenvalue weighted by Crippen LogP contribution is 2.40. The van der Waals surface area contributed by atoms with Crippen LogP contribution in [0.5, 0.6) is 5.75 Å². The van der Waals surface area contributed by atoms with Crippen LogP contribution in [-0.4, -0.2) is 20.2 Å². The molecule has 0 saturated carbocycles. The van der Waals surface area contributed by atoms with E-state index in [0.717, 1.165) is 42.3 Å². The summed E-state index contributed by atoms with van der Waals surface area (Å²) in [4.78, 5) is 0. The molecular weight excluding hydrogens is 234 g/mol. The van der Waals surface area contributed by atoms with Crippen molar-refractivity contribution >= 4 is 11.6 Å². The predicted octanol–water partition coefficient (Wildman–Crippen LogP) is 3.43. The molecule has 1 aliphatic heterocycles. The zero-order valence-electron chi connectivity index (χ0n) is 10.8. The second kappa shape index (κ2) is 5.28. The minimum absolute atomic E-state index is 0.572. The zero-order chi connectivity index (χ0) is 12.4. The van der Waals surface area contributed by atoms with Crippen LogP contribution in [0.4, 0.5) is 0 Å². The van der Waals surface area contributed by atoms with Crippen molar-refractivity contribution in [1.82, 2.24) is 5.32 Å². The smallest absolute Gasteiger partial charge is 0.141 e. The number of aryl methyl sites for hydroxylation is 1. The Balaban J connectivity index is 2.44. The zero-order valence-corrected chi connectivity index (χ0v) is 11.5. The number of rotatable bonds is 2. The maximum Gasteiger partial charge on any atom is 0.141 e. The summed E-state index contributed by atoms with van der Waals surface area (Å²) in [6.07, 6.45) is 2.32. The number of methoxy groups -OCH3 is 1. The van der Waals surface area contributed by atoms with Crippen molar-refractivity contribution in [3.05, 3.63) is 27.8 Å². The van der Waals surface area contributed by atoms with Crippen LogP contribution in [-0.2, 0) is 0 Å². The van der Waals surface area contributed by atoms with Crippen molar-refractivity contribution in [2.75, 3.05) is 20.2 Å². The maximum atomic E-state index is 6.38. The first-order valence-corrected chi connectivity index (χ1v) is 6.57. The molecule has 2 nitrogen and oxygen atoms in total. The topological polar surface area (TPSA) is 21.3 Å². The van der Waals surface area contributed by atoms with Crippen molar-refractivity contribution in [2.45, 2.75) is 32.6 Å². The van der Waals surface area contributed by atoms with Gasteiger partial charge in [0.1, 0.15) is 5.75 Å². The van der Waals surface area contributed by atoms with E-state index in [2.05, 4.69) is 18.3 Å². The Morgan fingerprint density at radius 1 is 1.29 bits per heavy atom. The minimum atomic E-state index is 0.572. The molecule has 17 heavy (non-hydrogen) atoms. The van der Waals surface area contributed by atoms with Gasteiger partial charge < -0.3 is 10.1 Å². The summed E-state index contributed by atoms with van der Waals surface area (Å²) in [5.41, 5.74) is 3.66. The largest absolute Gasteiger partial charge is 0.495 e. The molecule has 1 heterocycles. The summed E-state index contributed by atoms with van der Waals surface area (Å²) in [5, 5.41) is 4.17. The maximum absolute atomic E-state index is 6.38. The number of ether oxygens (including phenoxy) is 1. The normalized spacial score (nSPS) is 17.2. The van der Waals surface area contributed by atoms with Gasteiger partial charge in [-0.05, 0) is 62.4 Å². The Kier molecular flexibility index (Phi) is 3.95. The Bertz CT molecular complexity index is 411. The van der Waals surface area contributed by atoms with E-state index in [1.54, 1.807) is 7.11 Å². The molecule has 1 aliphatic rings. The molecule has 0 aromatic heterocycles. The quantitative estimate of drug-likeness (QED) is 0.872. The van der Waals surface area contributed by atoms with Crippen molar-refractivity contribution < 1.29 is 4.74 Å². The lowest BCUT2D eigenvalue weighted by atomic mass is 9.87. The second-order valence-electron chi connectivity index (χ2n) is 4.78. The van der Waals surface area contributed by atoms with Gasteiger partial charge in [0, 0.05) is 0 Å². The van der Waals surface area contributed by atoms with E-state index in [4.69, 9.17) is 16.3 Å². The third-order valence-electron chi connectivity index (χ3n) is 3.74. The fourth-order valence-electron chi connectivity index (χ4n) is 2.52. The molecule has 94 valence electrons. The lowest BCUT2D eigenvalue weighted by molar-refractivity contribution is 0.391. The fraction of sp³-hybridized carbons (Fsp3) is 0.571. The van der Waals surface area contributed by atoms with Gasteiger partial charge in [0.05, 0.1) is 12.1 Å². The number of halogens is 1. The van der Waals surface area contributed by atoms with Gasteiger partial charge in [0.15, 0.2) is 0 Å². The Hall–Kier alpha value is -0.730. The Morgan fingerprint density at radius 2 is 1.94 bits per heavy atom. The van der Waals surface area contributed by atoms with Crippen LogP contribution in [0.2, 0.25) is 5.02 Å². The van der Waals surface area contributed by atoms with Crippen molar-refractivity contribution in [3.8, 4) is 5.75 Å². The predicted molar refractivity (Wildman–Crippen MR) is 72.3 cm³/mol. The van der Waals surface area contributed by atoms with Gasteiger partial charge in [-0.2, -0.15) is 0 Å². The molecule has 0 amide bonds. The molecule has 0 radical (unpaired) electrons. The molecule has 2 rings (SSSR count). The van der Waals surface area contributed by atoms with Crippen molar-refractivity contribution in [2.24, 2.45) is 0 Å². The number of piperidine rings is 1. The van der Waals surface area contributed by atoms with Crippen molar-refractivity contribution in [3.63, 3.8) is 0 Å². The van der Waals surface area contributed by atoms with Crippen LogP contribution in [0.1, 0.15) is 35.4 Å². The molecule has 0 aliphatic carbocycles. The van der Waals surface area contributed by atoms with E-state index in [1.807, 2.05) is 6.92 Å². The van der Waals surface area contributed by atoms with E-state index in [9.17, 15) is 0 Å². The standard InChI is InChI=1S/C14H20ClNO/c1-9-8-12(11-4-6-16-7-5-11)14(17-3)13(15)10(9)2/h8,11,16H,4-7H2,1-3H3. The second-order valence-corrected chi connectivity index (χ2v) is 5.16. The fourth-order valence-corrected chi connectivity index (χ4v) is 2.86. The molecule has 1 fully saturated rings. The number of benzene rings is 1. The first-order valence-electron chi connectivity index (χ1n) is 6.19. The van der Waals surface area contributed by atoms with Crippen LogP contribution in [0.15, 0.2) is 6.07 Å². The van der Waals surface area contributed by atoms with Gasteiger partial charge in [-0.1, -0.05) is 17.7 Å². The Morgan fingerprint density at radius 3 is 2.53 bits per heavy atom. The molecular formula is C14H20ClNO. The van der Waals surface area contributed by atoms with E-state index >= 15 is 0 Å². The van der Waals surface area contributed by atoms with Crippen LogP contribution in [0.25, 0.3) is 0 Å². The third kappa shape index (κ3) is 2.43. The third-order valence-corrected chi connectivity index (χ3v) is 4.19. The summed E-state index contributed by atoms with van der Waals surface area (Å²) in [6.45, 7) is 6.33. The molecule has 0 unspecified atom stereocenters. The lowest BCUT2D eigenvalue weighted by Crippen LogP contribution is -2.27. The average molecular weight is 254 g/mol. The number of hydrogen-bond donors (Lipinski definition) is 1. The SMILES string of the molecule is COc1c(C2CCNCC2)cc(C)c(C)c1Cl. The first kappa shape index (κ1) is 12.7.